The summed E-state index contributed by atoms with van der Waals surface area (Å²) in [6.07, 6.45) is -7.00. The fourth-order valence-electron chi connectivity index (χ4n) is 11.1. The molecule has 6 rings (SSSR count). The Bertz CT molecular complexity index is 2740. The Morgan fingerprint density at radius 2 is 1.28 bits per heavy atom. The number of anilines is 1. The lowest BCUT2D eigenvalue weighted by Gasteiger charge is -2.57. The molecule has 0 aliphatic carbocycles. The maximum atomic E-state index is 13.7. The van der Waals surface area contributed by atoms with Crippen molar-refractivity contribution >= 4 is 40.5 Å². The zero-order valence-electron chi connectivity index (χ0n) is 47.1. The van der Waals surface area contributed by atoms with Crippen LogP contribution < -0.4 is 32.6 Å². The largest absolute Gasteiger partial charge is 0.480 e. The van der Waals surface area contributed by atoms with E-state index in [4.69, 9.17) is 34.2 Å². The second kappa shape index (κ2) is 26.0. The van der Waals surface area contributed by atoms with E-state index in [1.165, 1.54) is 53.1 Å². The second-order valence-electron chi connectivity index (χ2n) is 23.0. The zero-order chi connectivity index (χ0) is 60.0. The summed E-state index contributed by atoms with van der Waals surface area (Å²) in [6, 6.07) is 0.868. The number of nitrogens with zero attached hydrogens (tertiary/aromatic N) is 3. The number of fused-ring (bicyclic) bond motifs is 1. The van der Waals surface area contributed by atoms with E-state index < -0.39 is 176 Å². The predicted octanol–water partition coefficient (Wildman–Crippen LogP) is -2.86. The van der Waals surface area contributed by atoms with Crippen molar-refractivity contribution in [3.05, 3.63) is 57.9 Å². The molecule has 81 heavy (non-hydrogen) atoms. The molecule has 28 heteroatoms. The van der Waals surface area contributed by atoms with E-state index in [1.807, 2.05) is 0 Å². The van der Waals surface area contributed by atoms with Crippen molar-refractivity contribution in [2.75, 3.05) is 71.9 Å². The summed E-state index contributed by atoms with van der Waals surface area (Å²) in [5, 5.41) is 98.9. The lowest BCUT2D eigenvalue weighted by Crippen LogP contribution is -2.74. The molecule has 3 aromatic rings. The zero-order valence-corrected chi connectivity index (χ0v) is 47.1. The summed E-state index contributed by atoms with van der Waals surface area (Å²) in [7, 11) is 1.45. The van der Waals surface area contributed by atoms with Crippen molar-refractivity contribution in [2.45, 2.75) is 152 Å². The van der Waals surface area contributed by atoms with Gasteiger partial charge in [-0.15, -0.1) is 0 Å². The number of aliphatic hydroxyl groups is 7. The van der Waals surface area contributed by atoms with Crippen LogP contribution >= 0.6 is 0 Å². The van der Waals surface area contributed by atoms with Crippen LogP contribution in [0, 0.1) is 23.2 Å². The van der Waals surface area contributed by atoms with Crippen LogP contribution in [-0.2, 0) is 49.3 Å². The molecule has 3 fully saturated rings. The number of carboxylic acids is 1. The Kier molecular flexibility index (Phi) is 20.8. The van der Waals surface area contributed by atoms with Crippen LogP contribution in [0.4, 0.5) is 5.69 Å². The number of aliphatic hydroxyl groups excluding tert-OH is 7. The van der Waals surface area contributed by atoms with Gasteiger partial charge in [0.2, 0.25) is 11.8 Å². The number of carbonyl (C=O) groups is 4. The smallest absolute Gasteiger partial charge is 0.326 e. The molecule has 16 atom stereocenters. The highest BCUT2D eigenvalue weighted by molar-refractivity contribution is 5.97. The molecule has 0 bridgehead atoms. The highest BCUT2D eigenvalue weighted by atomic mass is 16.6. The molecule has 5 heterocycles. The summed E-state index contributed by atoms with van der Waals surface area (Å²) >= 11 is 0. The van der Waals surface area contributed by atoms with Gasteiger partial charge in [-0.2, -0.15) is 0 Å². The average molecular weight is 1150 g/mol. The number of aryl methyl sites for hydroxylation is 1. The van der Waals surface area contributed by atoms with Gasteiger partial charge in [-0.1, -0.05) is 20.8 Å². The van der Waals surface area contributed by atoms with E-state index in [1.54, 1.807) is 39.8 Å². The number of H-pyrrole nitrogens is 1. The molecule has 0 radical (unpaired) electrons. The van der Waals surface area contributed by atoms with E-state index in [2.05, 4.69) is 41.2 Å². The molecule has 3 amide bonds. The van der Waals surface area contributed by atoms with E-state index >= 15 is 0 Å². The molecule has 15 N–H and O–H groups in total. The number of aromatic nitrogens is 4. The molecular formula is C53H81N9O19. The van der Waals surface area contributed by atoms with Gasteiger partial charge in [-0.25, -0.2) is 19.7 Å². The summed E-state index contributed by atoms with van der Waals surface area (Å²) in [6.45, 7) is 8.47. The monoisotopic (exact) mass is 1150 g/mol. The first-order valence-corrected chi connectivity index (χ1v) is 26.6. The third-order valence-electron chi connectivity index (χ3n) is 16.5. The third kappa shape index (κ3) is 13.7. The molecule has 7 unspecified atom stereocenters. The molecule has 3 aliphatic heterocycles. The van der Waals surface area contributed by atoms with Gasteiger partial charge in [0, 0.05) is 48.0 Å². The number of hydrogen-bond acceptors (Lipinski definition) is 23. The highest BCUT2D eigenvalue weighted by Crippen LogP contribution is 2.46. The molecule has 28 nitrogen and oxygen atoms in total. The minimum atomic E-state index is -1.71. The number of methoxy groups -OCH3 is 1. The Labute approximate surface area is 467 Å². The normalized spacial score (nSPS) is 34.5. The molecular weight excluding hydrogens is 1070 g/mol. The first kappa shape index (κ1) is 64.7. The van der Waals surface area contributed by atoms with Crippen molar-refractivity contribution in [3.63, 3.8) is 0 Å². The molecule has 3 aliphatic rings. The third-order valence-corrected chi connectivity index (χ3v) is 16.5. The standard InChI is InChI=1S/C53H81N9O19/c1-27-57-44-37(46(73)58-27)60-31(17-56-44)16-55-30-12-10-29(11-13-30)45(72)61-32(47(74)75)14-15-36(68)62-39-42(70)49(4,34(19-64)79-51(39,6)21-66)24-78-26-53(8)40(59-28(2)67)43(71)50(5,35(20-65)81-53)23-77-25-52(7)38(54)41(69)48(3,22-76-9)33(18-63)80-52/h10-13,17,32-35,38-43,55,63-66,69-71H,14-16,18-26,54H2,1-9H3,(H,59,67)(H,61,72)(H,62,68)(H,74,75)(H,56,57,58,73)/t32?,33?,34?,35?,38?,39?,40?,41-,42-,43-,48+,49+,50-,51+,52+,53-/m0/s1. The first-order valence-electron chi connectivity index (χ1n) is 26.6. The topological polar surface area (TPSA) is 431 Å². The summed E-state index contributed by atoms with van der Waals surface area (Å²) < 4.78 is 36.7. The van der Waals surface area contributed by atoms with Crippen LogP contribution in [0.25, 0.3) is 11.2 Å². The highest BCUT2D eigenvalue weighted by Gasteiger charge is 2.62. The fraction of sp³-hybridized carbons (Fsp3) is 0.698. The molecule has 3 saturated heterocycles. The van der Waals surface area contributed by atoms with Crippen molar-refractivity contribution in [3.8, 4) is 0 Å². The Morgan fingerprint density at radius 3 is 1.81 bits per heavy atom. The second-order valence-corrected chi connectivity index (χ2v) is 23.0. The quantitative estimate of drug-likeness (QED) is 0.0406. The van der Waals surface area contributed by atoms with Gasteiger partial charge in [0.05, 0.1) is 133 Å². The van der Waals surface area contributed by atoms with Crippen molar-refractivity contribution in [1.82, 2.24) is 35.9 Å². The number of nitrogens with two attached hydrogens (primary N) is 1. The molecule has 1 aromatic carbocycles. The van der Waals surface area contributed by atoms with Gasteiger partial charge >= 0.3 is 5.97 Å². The van der Waals surface area contributed by atoms with Crippen LogP contribution in [0.1, 0.15) is 83.2 Å². The lowest BCUT2D eigenvalue weighted by atomic mass is 9.69. The van der Waals surface area contributed by atoms with Gasteiger partial charge in [0.15, 0.2) is 11.2 Å². The maximum absolute atomic E-state index is 13.7. The van der Waals surface area contributed by atoms with Gasteiger partial charge < -0.3 is 101 Å². The van der Waals surface area contributed by atoms with E-state index in [-0.39, 0.29) is 43.1 Å². The predicted molar refractivity (Wildman–Crippen MR) is 286 cm³/mol. The van der Waals surface area contributed by atoms with Gasteiger partial charge in [0.25, 0.3) is 11.5 Å². The Balaban J connectivity index is 1.08. The van der Waals surface area contributed by atoms with E-state index in [0.29, 0.717) is 17.2 Å². The number of aliphatic carboxylic acids is 1. The number of carbonyl (C=O) groups excluding carboxylic acids is 3. The number of aromatic amines is 1. The van der Waals surface area contributed by atoms with E-state index in [0.717, 1.165) is 0 Å². The number of carboxylic acid groups (broad SMARTS) is 1. The van der Waals surface area contributed by atoms with Crippen LogP contribution in [0.2, 0.25) is 0 Å². The van der Waals surface area contributed by atoms with Gasteiger partial charge in [0.1, 0.15) is 28.7 Å². The summed E-state index contributed by atoms with van der Waals surface area (Å²) in [5.74, 6) is -3.13. The van der Waals surface area contributed by atoms with Crippen LogP contribution in [0.5, 0.6) is 0 Å². The van der Waals surface area contributed by atoms with Gasteiger partial charge in [-0.3, -0.25) is 19.2 Å². The fourth-order valence-corrected chi connectivity index (χ4v) is 11.1. The molecule has 0 spiro atoms. The van der Waals surface area contributed by atoms with E-state index in [9.17, 15) is 64.8 Å². The number of ether oxygens (including phenoxy) is 6. The molecule has 452 valence electrons. The molecule has 0 saturated carbocycles. The van der Waals surface area contributed by atoms with Gasteiger partial charge in [-0.05, 0) is 58.4 Å². The Morgan fingerprint density at radius 1 is 0.753 bits per heavy atom. The summed E-state index contributed by atoms with van der Waals surface area (Å²) in [4.78, 5) is 79.7. The number of hydrogen-bond donors (Lipinski definition) is 14. The number of nitrogens with one attached hydrogen (secondary N) is 5. The van der Waals surface area contributed by atoms with Crippen molar-refractivity contribution < 1.29 is 88.5 Å². The maximum Gasteiger partial charge on any atom is 0.326 e. The van der Waals surface area contributed by atoms with Crippen molar-refractivity contribution in [1.29, 1.82) is 0 Å². The number of rotatable bonds is 25. The number of benzene rings is 1. The van der Waals surface area contributed by atoms with Crippen molar-refractivity contribution in [2.24, 2.45) is 22.0 Å². The SMILES string of the molecule is COC[C@]1(C)C(CO)O[C@](C)(COC[C@@]2(C)C(CO)O[C@@](C)(COC[C@]3(C)C(CO)O[C@](C)(CO)C(NC(=O)CCC(NC(=O)c4ccc(NCc5cnc6nc(C)[nH]c(=O)c6n5)cc4)C(=O)O)[C@@H]3O)C(NC(C)=O)[C@@H]2O)C(N)[C@@H]1O. The minimum Gasteiger partial charge on any atom is -0.480 e. The lowest BCUT2D eigenvalue weighted by molar-refractivity contribution is -0.290. The average Bonchev–Trinajstić information content (AvgIpc) is 3.60. The summed E-state index contributed by atoms with van der Waals surface area (Å²) in [5.41, 5.74) is -1.23. The van der Waals surface area contributed by atoms with Crippen LogP contribution in [0.15, 0.2) is 35.3 Å². The van der Waals surface area contributed by atoms with Crippen LogP contribution in [0.3, 0.4) is 0 Å². The minimum absolute atomic E-state index is 0.0370. The molecule has 2 aromatic heterocycles. The Hall–Kier alpha value is -5.44. The number of amides is 3. The first-order chi connectivity index (χ1) is 38.0. The van der Waals surface area contributed by atoms with Crippen LogP contribution in [-0.4, -0.2) is 229 Å².